The van der Waals surface area contributed by atoms with Gasteiger partial charge in [-0.1, -0.05) is 34.1 Å². The van der Waals surface area contributed by atoms with Gasteiger partial charge in [-0.15, -0.1) is 0 Å². The Balaban J connectivity index is 1.93. The van der Waals surface area contributed by atoms with E-state index in [2.05, 4.69) is 21.2 Å². The van der Waals surface area contributed by atoms with Crippen molar-refractivity contribution >= 4 is 27.8 Å². The van der Waals surface area contributed by atoms with Gasteiger partial charge in [0.25, 0.3) is 0 Å². The summed E-state index contributed by atoms with van der Waals surface area (Å²) in [7, 11) is 1.29. The molecule has 0 bridgehead atoms. The first-order valence-corrected chi connectivity index (χ1v) is 9.02. The first kappa shape index (κ1) is 20.0. The smallest absolute Gasteiger partial charge is 0.333 e. The number of aryl methyl sites for hydroxylation is 2. The predicted molar refractivity (Wildman–Crippen MR) is 103 cm³/mol. The van der Waals surface area contributed by atoms with Crippen LogP contribution in [0.3, 0.4) is 0 Å². The minimum Gasteiger partial charge on any atom is -0.493 e. The van der Waals surface area contributed by atoms with E-state index < -0.39 is 12.0 Å². The van der Waals surface area contributed by atoms with Crippen LogP contribution in [-0.2, 0) is 14.3 Å². The molecule has 138 valence electrons. The van der Waals surface area contributed by atoms with Gasteiger partial charge in [0.15, 0.2) is 6.04 Å². The number of rotatable bonds is 7. The number of ether oxygens (including phenoxy) is 2. The van der Waals surface area contributed by atoms with Gasteiger partial charge in [-0.2, -0.15) is 0 Å². The fourth-order valence-electron chi connectivity index (χ4n) is 2.35. The summed E-state index contributed by atoms with van der Waals surface area (Å²) in [4.78, 5) is 24.2. The maximum absolute atomic E-state index is 12.2. The molecular weight excluding hydrogens is 398 g/mol. The van der Waals surface area contributed by atoms with Crippen molar-refractivity contribution in [3.05, 3.63) is 63.6 Å². The second-order valence-electron chi connectivity index (χ2n) is 5.92. The summed E-state index contributed by atoms with van der Waals surface area (Å²) >= 11 is 3.35. The average molecular weight is 420 g/mol. The Kier molecular flexibility index (Phi) is 7.21. The summed E-state index contributed by atoms with van der Waals surface area (Å²) in [6.07, 6.45) is 0.136. The molecule has 0 radical (unpaired) electrons. The summed E-state index contributed by atoms with van der Waals surface area (Å²) < 4.78 is 11.3. The van der Waals surface area contributed by atoms with Gasteiger partial charge in [0.05, 0.1) is 20.1 Å². The Bertz CT molecular complexity index is 774. The minimum atomic E-state index is -0.845. The third-order valence-electron chi connectivity index (χ3n) is 4.02. The molecule has 0 aliphatic rings. The number of halogens is 1. The first-order chi connectivity index (χ1) is 12.4. The zero-order valence-electron chi connectivity index (χ0n) is 15.0. The highest BCUT2D eigenvalue weighted by Crippen LogP contribution is 2.19. The molecule has 1 N–H and O–H groups in total. The van der Waals surface area contributed by atoms with Crippen molar-refractivity contribution in [2.75, 3.05) is 13.7 Å². The summed E-state index contributed by atoms with van der Waals surface area (Å²) in [5.74, 6) is -0.0822. The Labute approximate surface area is 161 Å². The molecule has 26 heavy (non-hydrogen) atoms. The zero-order chi connectivity index (χ0) is 19.1. The van der Waals surface area contributed by atoms with E-state index in [1.807, 2.05) is 32.0 Å². The molecule has 0 aliphatic heterocycles. The van der Waals surface area contributed by atoms with Gasteiger partial charge in [0.2, 0.25) is 5.91 Å². The molecule has 1 unspecified atom stereocenters. The third-order valence-corrected chi connectivity index (χ3v) is 4.55. The van der Waals surface area contributed by atoms with Crippen molar-refractivity contribution in [2.45, 2.75) is 26.3 Å². The van der Waals surface area contributed by atoms with Gasteiger partial charge >= 0.3 is 5.97 Å². The van der Waals surface area contributed by atoms with Crippen LogP contribution in [0, 0.1) is 13.8 Å². The molecule has 2 aromatic carbocycles. The summed E-state index contributed by atoms with van der Waals surface area (Å²) in [6, 6.07) is 12.1. The minimum absolute atomic E-state index is 0.136. The van der Waals surface area contributed by atoms with Crippen LogP contribution in [0.2, 0.25) is 0 Å². The average Bonchev–Trinajstić information content (AvgIpc) is 2.63. The number of hydrogen-bond acceptors (Lipinski definition) is 4. The van der Waals surface area contributed by atoms with Crippen LogP contribution >= 0.6 is 15.9 Å². The van der Waals surface area contributed by atoms with Crippen molar-refractivity contribution in [1.29, 1.82) is 0 Å². The van der Waals surface area contributed by atoms with Gasteiger partial charge in [-0.3, -0.25) is 4.79 Å². The van der Waals surface area contributed by atoms with Gasteiger partial charge in [0.1, 0.15) is 5.75 Å². The molecule has 1 atom stereocenters. The number of esters is 1. The van der Waals surface area contributed by atoms with E-state index in [0.717, 1.165) is 15.8 Å². The van der Waals surface area contributed by atoms with Crippen molar-refractivity contribution in [1.82, 2.24) is 5.32 Å². The van der Waals surface area contributed by atoms with Gasteiger partial charge < -0.3 is 14.8 Å². The largest absolute Gasteiger partial charge is 0.493 e. The normalized spacial score (nSPS) is 11.5. The van der Waals surface area contributed by atoms with Crippen LogP contribution < -0.4 is 10.1 Å². The molecule has 2 aromatic rings. The van der Waals surface area contributed by atoms with Crippen LogP contribution in [0.5, 0.6) is 5.75 Å². The van der Waals surface area contributed by atoms with E-state index in [1.165, 1.54) is 12.7 Å². The van der Waals surface area contributed by atoms with Gasteiger partial charge in [-0.25, -0.2) is 4.79 Å². The number of hydrogen-bond donors (Lipinski definition) is 1. The molecule has 0 aliphatic carbocycles. The zero-order valence-corrected chi connectivity index (χ0v) is 16.6. The van der Waals surface area contributed by atoms with Crippen LogP contribution in [0.4, 0.5) is 0 Å². The van der Waals surface area contributed by atoms with E-state index in [-0.39, 0.29) is 18.9 Å². The maximum atomic E-state index is 12.2. The van der Waals surface area contributed by atoms with E-state index in [1.54, 1.807) is 24.3 Å². The molecule has 5 nitrogen and oxygen atoms in total. The van der Waals surface area contributed by atoms with Crippen LogP contribution in [0.25, 0.3) is 0 Å². The lowest BCUT2D eigenvalue weighted by Gasteiger charge is -2.17. The van der Waals surface area contributed by atoms with E-state index in [4.69, 9.17) is 9.47 Å². The lowest BCUT2D eigenvalue weighted by Crippen LogP contribution is -2.35. The Morgan fingerprint density at radius 1 is 1.08 bits per heavy atom. The maximum Gasteiger partial charge on any atom is 0.333 e. The van der Waals surface area contributed by atoms with Crippen molar-refractivity contribution in [3.8, 4) is 5.75 Å². The lowest BCUT2D eigenvalue weighted by molar-refractivity contribution is -0.145. The molecule has 6 heteroatoms. The van der Waals surface area contributed by atoms with E-state index >= 15 is 0 Å². The van der Waals surface area contributed by atoms with Gasteiger partial charge in [0, 0.05) is 4.47 Å². The van der Waals surface area contributed by atoms with Crippen molar-refractivity contribution in [3.63, 3.8) is 0 Å². The molecule has 0 heterocycles. The first-order valence-electron chi connectivity index (χ1n) is 8.23. The van der Waals surface area contributed by atoms with Crippen molar-refractivity contribution < 1.29 is 19.1 Å². The van der Waals surface area contributed by atoms with Crippen LogP contribution in [0.15, 0.2) is 46.9 Å². The molecule has 0 fully saturated rings. The molecule has 0 spiro atoms. The molecule has 0 aromatic heterocycles. The number of methoxy groups -OCH3 is 1. The highest BCUT2D eigenvalue weighted by molar-refractivity contribution is 9.10. The van der Waals surface area contributed by atoms with Crippen molar-refractivity contribution in [2.24, 2.45) is 0 Å². The number of carbonyl (C=O) groups excluding carboxylic acids is 2. The quantitative estimate of drug-likeness (QED) is 0.691. The molecular formula is C20H22BrNO4. The topological polar surface area (TPSA) is 64.6 Å². The summed E-state index contributed by atoms with van der Waals surface area (Å²) in [5, 5.41) is 2.70. The van der Waals surface area contributed by atoms with E-state index in [0.29, 0.717) is 5.56 Å². The fourth-order valence-corrected chi connectivity index (χ4v) is 2.61. The number of carbonyl (C=O) groups is 2. The molecule has 1 amide bonds. The second kappa shape index (κ2) is 9.38. The van der Waals surface area contributed by atoms with Crippen LogP contribution in [0.1, 0.15) is 29.2 Å². The predicted octanol–water partition coefficient (Wildman–Crippen LogP) is 3.87. The fraction of sp³-hybridized carbons (Fsp3) is 0.300. The highest BCUT2D eigenvalue weighted by Gasteiger charge is 2.23. The molecule has 0 saturated carbocycles. The van der Waals surface area contributed by atoms with E-state index in [9.17, 15) is 9.59 Å². The number of nitrogens with one attached hydrogen (secondary N) is 1. The lowest BCUT2D eigenvalue weighted by atomic mass is 10.1. The van der Waals surface area contributed by atoms with Gasteiger partial charge in [-0.05, 0) is 54.8 Å². The highest BCUT2D eigenvalue weighted by atomic mass is 79.9. The summed E-state index contributed by atoms with van der Waals surface area (Å²) in [6.45, 7) is 4.26. The monoisotopic (exact) mass is 419 g/mol. The SMILES string of the molecule is COC(=O)C(NC(=O)CCOc1ccc(C)c(C)c1)c1ccc(Br)cc1. The summed E-state index contributed by atoms with van der Waals surface area (Å²) in [5.41, 5.74) is 2.97. The number of benzene rings is 2. The number of amides is 1. The molecule has 0 saturated heterocycles. The Morgan fingerprint density at radius 2 is 1.77 bits per heavy atom. The Hall–Kier alpha value is -2.34. The molecule has 2 rings (SSSR count). The van der Waals surface area contributed by atoms with Crippen LogP contribution in [-0.4, -0.2) is 25.6 Å². The Morgan fingerprint density at radius 3 is 2.38 bits per heavy atom. The third kappa shape index (κ3) is 5.59. The standard InChI is InChI=1S/C20H22BrNO4/c1-13-4-9-17(12-14(13)2)26-11-10-18(23)22-19(20(24)25-3)15-5-7-16(21)8-6-15/h4-9,12,19H,10-11H2,1-3H3,(H,22,23). The second-order valence-corrected chi connectivity index (χ2v) is 6.84.